The van der Waals surface area contributed by atoms with Gasteiger partial charge in [0.1, 0.15) is 23.7 Å². The van der Waals surface area contributed by atoms with Crippen LogP contribution in [0.15, 0.2) is 55.1 Å². The quantitative estimate of drug-likeness (QED) is 0.684. The first-order valence-electron chi connectivity index (χ1n) is 10.1. The van der Waals surface area contributed by atoms with E-state index in [1.807, 2.05) is 0 Å². The van der Waals surface area contributed by atoms with Crippen molar-refractivity contribution in [2.45, 2.75) is 13.3 Å². The summed E-state index contributed by atoms with van der Waals surface area (Å²) in [5.41, 5.74) is 1.91. The second-order valence-corrected chi connectivity index (χ2v) is 7.23. The standard InChI is InChI=1S/C22H23FN6O2/c1-2-21(30)26-17-5-8-20(24-13-17)29-14-19(25-15-29)22(31)28-11-9-27(10-12-28)18-6-3-16(23)4-7-18/h3-8,13-15H,2,9-12H2,1H3,(H,26,30). The van der Waals surface area contributed by atoms with Gasteiger partial charge in [-0.1, -0.05) is 6.92 Å². The number of amides is 2. The molecule has 1 aliphatic heterocycles. The van der Waals surface area contributed by atoms with Gasteiger partial charge in [-0.25, -0.2) is 14.4 Å². The van der Waals surface area contributed by atoms with Gasteiger partial charge in [-0.2, -0.15) is 0 Å². The predicted octanol–water partition coefficient (Wildman–Crippen LogP) is 2.72. The summed E-state index contributed by atoms with van der Waals surface area (Å²) < 4.78 is 14.8. The fourth-order valence-electron chi connectivity index (χ4n) is 3.40. The zero-order valence-electron chi connectivity index (χ0n) is 17.2. The molecule has 1 aromatic carbocycles. The maximum absolute atomic E-state index is 13.1. The molecule has 2 aromatic heterocycles. The molecule has 3 heterocycles. The first-order chi connectivity index (χ1) is 15.0. The summed E-state index contributed by atoms with van der Waals surface area (Å²) in [6.07, 6.45) is 5.17. The molecule has 0 radical (unpaired) electrons. The van der Waals surface area contributed by atoms with Crippen LogP contribution in [0.4, 0.5) is 15.8 Å². The van der Waals surface area contributed by atoms with Gasteiger partial charge in [-0.05, 0) is 36.4 Å². The van der Waals surface area contributed by atoms with Crippen molar-refractivity contribution in [3.63, 3.8) is 0 Å². The van der Waals surface area contributed by atoms with Gasteiger partial charge >= 0.3 is 0 Å². The molecule has 9 heteroatoms. The van der Waals surface area contributed by atoms with Crippen LogP contribution in [0, 0.1) is 5.82 Å². The number of nitrogens with zero attached hydrogens (tertiary/aromatic N) is 5. The summed E-state index contributed by atoms with van der Waals surface area (Å²) in [7, 11) is 0. The molecule has 1 fully saturated rings. The van der Waals surface area contributed by atoms with E-state index in [0.29, 0.717) is 49.8 Å². The van der Waals surface area contributed by atoms with Gasteiger partial charge in [-0.15, -0.1) is 0 Å². The lowest BCUT2D eigenvalue weighted by Crippen LogP contribution is -2.48. The molecule has 0 atom stereocenters. The molecule has 0 saturated carbocycles. The Morgan fingerprint density at radius 1 is 1.03 bits per heavy atom. The van der Waals surface area contributed by atoms with Crippen molar-refractivity contribution in [1.29, 1.82) is 0 Å². The number of benzene rings is 1. The highest BCUT2D eigenvalue weighted by molar-refractivity contribution is 5.92. The Labute approximate surface area is 179 Å². The Kier molecular flexibility index (Phi) is 5.92. The number of hydrogen-bond donors (Lipinski definition) is 1. The molecule has 0 spiro atoms. The zero-order chi connectivity index (χ0) is 21.8. The Morgan fingerprint density at radius 2 is 1.77 bits per heavy atom. The Hall–Kier alpha value is -3.75. The lowest BCUT2D eigenvalue weighted by atomic mass is 10.2. The number of hydrogen-bond acceptors (Lipinski definition) is 5. The van der Waals surface area contributed by atoms with Crippen LogP contribution in [0.3, 0.4) is 0 Å². The minimum Gasteiger partial charge on any atom is -0.368 e. The van der Waals surface area contributed by atoms with Crippen molar-refractivity contribution in [3.05, 3.63) is 66.6 Å². The van der Waals surface area contributed by atoms with E-state index in [1.54, 1.807) is 59.4 Å². The maximum atomic E-state index is 13.1. The van der Waals surface area contributed by atoms with Gasteiger partial charge in [0.2, 0.25) is 5.91 Å². The topological polar surface area (TPSA) is 83.4 Å². The van der Waals surface area contributed by atoms with E-state index in [9.17, 15) is 14.0 Å². The van der Waals surface area contributed by atoms with E-state index in [0.717, 1.165) is 5.69 Å². The summed E-state index contributed by atoms with van der Waals surface area (Å²) in [6.45, 7) is 4.25. The molecule has 8 nitrogen and oxygen atoms in total. The van der Waals surface area contributed by atoms with E-state index in [1.165, 1.54) is 12.1 Å². The molecule has 160 valence electrons. The Bertz CT molecular complexity index is 1060. The summed E-state index contributed by atoms with van der Waals surface area (Å²) in [5.74, 6) is 0.124. The number of halogens is 1. The Balaban J connectivity index is 1.37. The highest BCUT2D eigenvalue weighted by atomic mass is 19.1. The van der Waals surface area contributed by atoms with Gasteiger partial charge in [0, 0.05) is 44.5 Å². The van der Waals surface area contributed by atoms with Gasteiger partial charge in [0.05, 0.1) is 11.9 Å². The van der Waals surface area contributed by atoms with Crippen molar-refractivity contribution in [1.82, 2.24) is 19.4 Å². The summed E-state index contributed by atoms with van der Waals surface area (Å²) in [6, 6.07) is 9.89. The largest absolute Gasteiger partial charge is 0.368 e. The first kappa shape index (κ1) is 20.5. The highest BCUT2D eigenvalue weighted by Crippen LogP contribution is 2.18. The monoisotopic (exact) mass is 422 g/mol. The number of aromatic nitrogens is 3. The molecule has 1 N–H and O–H groups in total. The minimum atomic E-state index is -0.261. The molecule has 1 saturated heterocycles. The van der Waals surface area contributed by atoms with Crippen LogP contribution in [0.1, 0.15) is 23.8 Å². The number of rotatable bonds is 5. The third-order valence-electron chi connectivity index (χ3n) is 5.18. The van der Waals surface area contributed by atoms with Crippen molar-refractivity contribution in [2.24, 2.45) is 0 Å². The van der Waals surface area contributed by atoms with Crippen molar-refractivity contribution < 1.29 is 14.0 Å². The molecule has 0 unspecified atom stereocenters. The highest BCUT2D eigenvalue weighted by Gasteiger charge is 2.24. The molecule has 0 aliphatic carbocycles. The average Bonchev–Trinajstić information content (AvgIpc) is 3.30. The molecule has 31 heavy (non-hydrogen) atoms. The SMILES string of the molecule is CCC(=O)Nc1ccc(-n2cnc(C(=O)N3CCN(c4ccc(F)cc4)CC3)c2)nc1. The molecule has 2 amide bonds. The molecular weight excluding hydrogens is 399 g/mol. The summed E-state index contributed by atoms with van der Waals surface area (Å²) >= 11 is 0. The normalized spacial score (nSPS) is 13.9. The maximum Gasteiger partial charge on any atom is 0.274 e. The van der Waals surface area contributed by atoms with Crippen LogP contribution >= 0.6 is 0 Å². The molecule has 0 bridgehead atoms. The zero-order valence-corrected chi connectivity index (χ0v) is 17.2. The number of piperazine rings is 1. The van der Waals surface area contributed by atoms with E-state index in [4.69, 9.17) is 0 Å². The van der Waals surface area contributed by atoms with Crippen LogP contribution < -0.4 is 10.2 Å². The molecular formula is C22H23FN6O2. The fraction of sp³-hybridized carbons (Fsp3) is 0.273. The van der Waals surface area contributed by atoms with Crippen molar-refractivity contribution >= 4 is 23.2 Å². The van der Waals surface area contributed by atoms with E-state index in [2.05, 4.69) is 20.2 Å². The number of carbonyl (C=O) groups excluding carboxylic acids is 2. The van der Waals surface area contributed by atoms with Crippen LogP contribution in [-0.2, 0) is 4.79 Å². The van der Waals surface area contributed by atoms with Crippen LogP contribution in [0.2, 0.25) is 0 Å². The number of anilines is 2. The molecule has 3 aromatic rings. The second-order valence-electron chi connectivity index (χ2n) is 7.23. The minimum absolute atomic E-state index is 0.0791. The number of pyridine rings is 1. The number of carbonyl (C=O) groups is 2. The average molecular weight is 422 g/mol. The first-order valence-corrected chi connectivity index (χ1v) is 10.1. The van der Waals surface area contributed by atoms with Crippen LogP contribution in [0.25, 0.3) is 5.82 Å². The molecule has 4 rings (SSSR count). The van der Waals surface area contributed by atoms with Gasteiger partial charge < -0.3 is 15.1 Å². The van der Waals surface area contributed by atoms with E-state index in [-0.39, 0.29) is 17.6 Å². The summed E-state index contributed by atoms with van der Waals surface area (Å²) in [5, 5.41) is 2.75. The van der Waals surface area contributed by atoms with Gasteiger partial charge in [0.15, 0.2) is 0 Å². The number of imidazole rings is 1. The third-order valence-corrected chi connectivity index (χ3v) is 5.18. The lowest BCUT2D eigenvalue weighted by molar-refractivity contribution is -0.115. The van der Waals surface area contributed by atoms with Crippen LogP contribution in [-0.4, -0.2) is 57.4 Å². The Morgan fingerprint density at radius 3 is 2.42 bits per heavy atom. The van der Waals surface area contributed by atoms with E-state index >= 15 is 0 Å². The van der Waals surface area contributed by atoms with Crippen molar-refractivity contribution in [2.75, 3.05) is 36.4 Å². The van der Waals surface area contributed by atoms with Crippen molar-refractivity contribution in [3.8, 4) is 5.82 Å². The molecule has 1 aliphatic rings. The second kappa shape index (κ2) is 8.95. The number of nitrogens with one attached hydrogen (secondary N) is 1. The third kappa shape index (κ3) is 4.71. The van der Waals surface area contributed by atoms with Gasteiger partial charge in [0.25, 0.3) is 5.91 Å². The van der Waals surface area contributed by atoms with Gasteiger partial charge in [-0.3, -0.25) is 14.2 Å². The summed E-state index contributed by atoms with van der Waals surface area (Å²) in [4.78, 5) is 36.8. The van der Waals surface area contributed by atoms with Crippen LogP contribution in [0.5, 0.6) is 0 Å². The van der Waals surface area contributed by atoms with E-state index < -0.39 is 0 Å². The smallest absolute Gasteiger partial charge is 0.274 e. The lowest BCUT2D eigenvalue weighted by Gasteiger charge is -2.35. The predicted molar refractivity (Wildman–Crippen MR) is 115 cm³/mol. The fourth-order valence-corrected chi connectivity index (χ4v) is 3.40.